The first-order chi connectivity index (χ1) is 16.6. The summed E-state index contributed by atoms with van der Waals surface area (Å²) in [5.74, 6) is 2.09. The molecule has 1 aliphatic heterocycles. The van der Waals surface area contributed by atoms with Gasteiger partial charge in [0.25, 0.3) is 0 Å². The normalized spacial score (nSPS) is 15.1. The third-order valence-electron chi connectivity index (χ3n) is 6.20. The van der Waals surface area contributed by atoms with E-state index in [0.717, 1.165) is 73.2 Å². The molecule has 10 nitrogen and oxygen atoms in total. The van der Waals surface area contributed by atoms with Gasteiger partial charge in [0, 0.05) is 39.8 Å². The van der Waals surface area contributed by atoms with Crippen molar-refractivity contribution in [2.75, 3.05) is 38.7 Å². The highest BCUT2D eigenvalue weighted by Gasteiger charge is 2.23. The molecule has 178 valence electrons. The van der Waals surface area contributed by atoms with Gasteiger partial charge < -0.3 is 19.7 Å². The zero-order valence-electron chi connectivity index (χ0n) is 19.8. The van der Waals surface area contributed by atoms with E-state index in [9.17, 15) is 0 Å². The van der Waals surface area contributed by atoms with Gasteiger partial charge in [0.15, 0.2) is 5.82 Å². The van der Waals surface area contributed by atoms with Crippen LogP contribution in [0.1, 0.15) is 18.7 Å². The predicted molar refractivity (Wildman–Crippen MR) is 129 cm³/mol. The van der Waals surface area contributed by atoms with Crippen molar-refractivity contribution < 1.29 is 9.47 Å². The summed E-state index contributed by atoms with van der Waals surface area (Å²) >= 11 is 0. The van der Waals surface area contributed by atoms with Gasteiger partial charge in [0.2, 0.25) is 11.5 Å². The number of hydrogen-bond donors (Lipinski definition) is 1. The molecule has 5 rings (SSSR count). The molecule has 0 bridgehead atoms. The first-order valence-corrected chi connectivity index (χ1v) is 11.6. The molecule has 0 spiro atoms. The van der Waals surface area contributed by atoms with Gasteiger partial charge in [-0.3, -0.25) is 0 Å². The van der Waals surface area contributed by atoms with Gasteiger partial charge in [0.1, 0.15) is 11.4 Å². The number of hydrogen-bond acceptors (Lipinski definition) is 8. The van der Waals surface area contributed by atoms with Crippen molar-refractivity contribution in [2.45, 2.75) is 25.8 Å². The van der Waals surface area contributed by atoms with Crippen LogP contribution >= 0.6 is 0 Å². The Labute approximate surface area is 198 Å². The van der Waals surface area contributed by atoms with Gasteiger partial charge in [-0.1, -0.05) is 18.2 Å². The minimum absolute atomic E-state index is 0.351. The second kappa shape index (κ2) is 9.78. The Morgan fingerprint density at radius 2 is 1.91 bits per heavy atom. The number of aryl methyl sites for hydroxylation is 2. The smallest absolute Gasteiger partial charge is 0.227 e. The molecule has 0 amide bonds. The summed E-state index contributed by atoms with van der Waals surface area (Å²) in [7, 11) is 3.61. The van der Waals surface area contributed by atoms with Crippen LogP contribution < -0.4 is 10.1 Å². The fraction of sp³-hybridized carbons (Fsp3) is 0.417. The number of para-hydroxylation sites is 1. The summed E-state index contributed by atoms with van der Waals surface area (Å²) in [6, 6.07) is 12.1. The number of aromatic nitrogens is 6. The molecule has 4 aromatic rings. The number of nitrogens with one attached hydrogen (secondary N) is 1. The molecule has 10 heteroatoms. The van der Waals surface area contributed by atoms with E-state index in [-0.39, 0.29) is 0 Å². The van der Waals surface area contributed by atoms with Crippen molar-refractivity contribution >= 4 is 11.3 Å². The molecule has 1 N–H and O–H groups in total. The van der Waals surface area contributed by atoms with E-state index in [1.165, 1.54) is 0 Å². The topological polar surface area (TPSA) is 94.6 Å². The van der Waals surface area contributed by atoms with E-state index < -0.39 is 0 Å². The average Bonchev–Trinajstić information content (AvgIpc) is 3.42. The summed E-state index contributed by atoms with van der Waals surface area (Å²) in [6.07, 6.45) is 3.88. The monoisotopic (exact) mass is 462 g/mol. The molecular formula is C24H30N8O2. The van der Waals surface area contributed by atoms with Crippen molar-refractivity contribution in [3.05, 3.63) is 48.4 Å². The number of likely N-dealkylation sites (tertiary alicyclic amines) is 1. The second-order valence-corrected chi connectivity index (χ2v) is 8.58. The molecule has 0 aliphatic carbocycles. The van der Waals surface area contributed by atoms with Crippen LogP contribution in [0.2, 0.25) is 0 Å². The quantitative estimate of drug-likeness (QED) is 0.427. The number of fused-ring (bicyclic) bond motifs is 1. The van der Waals surface area contributed by atoms with Gasteiger partial charge in [-0.2, -0.15) is 14.7 Å². The van der Waals surface area contributed by atoms with E-state index in [1.807, 2.05) is 50.4 Å². The Hall–Kier alpha value is -3.50. The van der Waals surface area contributed by atoms with Crippen LogP contribution in [-0.4, -0.2) is 73.9 Å². The summed E-state index contributed by atoms with van der Waals surface area (Å²) in [6.45, 7) is 5.72. The second-order valence-electron chi connectivity index (χ2n) is 8.58. The maximum atomic E-state index is 6.18. The highest BCUT2D eigenvalue weighted by atomic mass is 16.5. The van der Waals surface area contributed by atoms with Gasteiger partial charge in [-0.25, -0.2) is 4.68 Å². The molecule has 1 aliphatic rings. The van der Waals surface area contributed by atoms with Crippen molar-refractivity contribution in [2.24, 2.45) is 7.05 Å². The van der Waals surface area contributed by atoms with E-state index in [0.29, 0.717) is 11.9 Å². The number of anilines is 1. The summed E-state index contributed by atoms with van der Waals surface area (Å²) in [4.78, 5) is 2.44. The number of piperidine rings is 1. The van der Waals surface area contributed by atoms with Crippen molar-refractivity contribution in [1.29, 1.82) is 0 Å². The van der Waals surface area contributed by atoms with E-state index in [1.54, 1.807) is 22.5 Å². The Morgan fingerprint density at radius 3 is 2.68 bits per heavy atom. The van der Waals surface area contributed by atoms with Crippen LogP contribution in [0.3, 0.4) is 0 Å². The highest BCUT2D eigenvalue weighted by molar-refractivity contribution is 5.75. The zero-order chi connectivity index (χ0) is 23.5. The van der Waals surface area contributed by atoms with Gasteiger partial charge in [0.05, 0.1) is 24.1 Å². The third-order valence-corrected chi connectivity index (χ3v) is 6.20. The molecule has 3 aromatic heterocycles. The predicted octanol–water partition coefficient (Wildman–Crippen LogP) is 3.15. The molecular weight excluding hydrogens is 432 g/mol. The van der Waals surface area contributed by atoms with Crippen LogP contribution in [0, 0.1) is 6.92 Å². The highest BCUT2D eigenvalue weighted by Crippen LogP contribution is 2.34. The van der Waals surface area contributed by atoms with E-state index in [4.69, 9.17) is 14.6 Å². The van der Waals surface area contributed by atoms with Gasteiger partial charge in [-0.15, -0.1) is 10.2 Å². The van der Waals surface area contributed by atoms with Crippen LogP contribution in [0.15, 0.2) is 42.6 Å². The van der Waals surface area contributed by atoms with Gasteiger partial charge >= 0.3 is 0 Å². The Kier molecular flexibility index (Phi) is 6.41. The molecule has 0 saturated carbocycles. The molecule has 0 radical (unpaired) electrons. The zero-order valence-corrected chi connectivity index (χ0v) is 19.8. The lowest BCUT2D eigenvalue weighted by Gasteiger charge is -2.32. The third kappa shape index (κ3) is 4.59. The van der Waals surface area contributed by atoms with Crippen molar-refractivity contribution in [3.63, 3.8) is 0 Å². The largest absolute Gasteiger partial charge is 0.439 e. The first-order valence-electron chi connectivity index (χ1n) is 11.6. The lowest BCUT2D eigenvalue weighted by Crippen LogP contribution is -2.40. The Balaban J connectivity index is 1.44. The fourth-order valence-corrected chi connectivity index (χ4v) is 4.29. The average molecular weight is 463 g/mol. The maximum Gasteiger partial charge on any atom is 0.227 e. The fourth-order valence-electron chi connectivity index (χ4n) is 4.29. The molecule has 0 unspecified atom stereocenters. The molecule has 4 heterocycles. The number of ether oxygens (including phenoxy) is 2. The first kappa shape index (κ1) is 22.3. The van der Waals surface area contributed by atoms with Crippen molar-refractivity contribution in [1.82, 2.24) is 34.5 Å². The number of methoxy groups -OCH3 is 1. The SMILES string of the molecule is COCCN1CCC(Nc2cc(-c3cnn(C)c3Oc3ccccc3)nn3c(C)nnc23)CC1. The summed E-state index contributed by atoms with van der Waals surface area (Å²) in [5.41, 5.74) is 3.18. The van der Waals surface area contributed by atoms with Gasteiger partial charge in [-0.05, 0) is 38.0 Å². The molecule has 0 atom stereocenters. The lowest BCUT2D eigenvalue weighted by molar-refractivity contribution is 0.132. The maximum absolute atomic E-state index is 6.18. The summed E-state index contributed by atoms with van der Waals surface area (Å²) < 4.78 is 14.9. The molecule has 1 aromatic carbocycles. The van der Waals surface area contributed by atoms with E-state index >= 15 is 0 Å². The van der Waals surface area contributed by atoms with Crippen LogP contribution in [0.25, 0.3) is 16.9 Å². The molecule has 34 heavy (non-hydrogen) atoms. The summed E-state index contributed by atoms with van der Waals surface area (Å²) in [5, 5.41) is 21.6. The minimum atomic E-state index is 0.351. The van der Waals surface area contributed by atoms with E-state index in [2.05, 4.69) is 25.5 Å². The Bertz CT molecular complexity index is 1240. The molecule has 1 saturated heterocycles. The van der Waals surface area contributed by atoms with Crippen LogP contribution in [-0.2, 0) is 11.8 Å². The molecule has 1 fully saturated rings. The number of rotatable bonds is 8. The lowest BCUT2D eigenvalue weighted by atomic mass is 10.0. The Morgan fingerprint density at radius 1 is 1.12 bits per heavy atom. The van der Waals surface area contributed by atoms with Crippen molar-refractivity contribution in [3.8, 4) is 22.9 Å². The van der Waals surface area contributed by atoms with Crippen LogP contribution in [0.4, 0.5) is 5.69 Å². The standard InChI is InChI=1S/C24H30N8O2/c1-17-27-28-23-22(26-18-9-11-31(12-10-18)13-14-33-3)15-21(29-32(17)23)20-16-25-30(2)24(20)34-19-7-5-4-6-8-19/h4-8,15-16,18,26H,9-14H2,1-3H3. The van der Waals surface area contributed by atoms with Crippen LogP contribution in [0.5, 0.6) is 11.6 Å². The minimum Gasteiger partial charge on any atom is -0.439 e. The number of benzene rings is 1. The number of nitrogens with zero attached hydrogens (tertiary/aromatic N) is 7.